The van der Waals surface area contributed by atoms with Gasteiger partial charge in [-0.15, -0.1) is 0 Å². The zero-order chi connectivity index (χ0) is 37.2. The van der Waals surface area contributed by atoms with Gasteiger partial charge in [0, 0.05) is 12.6 Å². The summed E-state index contributed by atoms with van der Waals surface area (Å²) in [7, 11) is -3.56. The molecule has 5 fully saturated rings. The minimum Gasteiger partial charge on any atom is -0.347 e. The predicted molar refractivity (Wildman–Crippen MR) is 201 cm³/mol. The largest absolute Gasteiger partial charge is 0.347 e. The summed E-state index contributed by atoms with van der Waals surface area (Å²) in [5, 5.41) is 11.7. The minimum atomic E-state index is -3.56. The third-order valence-corrected chi connectivity index (χ3v) is 15.1. The number of piperidine rings is 1. The smallest absolute Gasteiger partial charge is 0.315 e. The van der Waals surface area contributed by atoms with Crippen LogP contribution in [0.2, 0.25) is 0 Å². The number of rotatable bonds is 12. The maximum absolute atomic E-state index is 14.5. The van der Waals surface area contributed by atoms with Crippen LogP contribution in [0.15, 0.2) is 0 Å². The van der Waals surface area contributed by atoms with Crippen molar-refractivity contribution in [2.75, 3.05) is 12.3 Å². The van der Waals surface area contributed by atoms with Crippen molar-refractivity contribution < 1.29 is 32.4 Å². The number of ketones is 1. The second kappa shape index (κ2) is 14.1. The van der Waals surface area contributed by atoms with Crippen LogP contribution in [0, 0.1) is 28.6 Å². The zero-order valence-corrected chi connectivity index (χ0v) is 34.0. The summed E-state index contributed by atoms with van der Waals surface area (Å²) >= 11 is 0. The van der Waals surface area contributed by atoms with Gasteiger partial charge in [0.25, 0.3) is 5.91 Å². The Labute approximate surface area is 311 Å². The number of Topliss-reactive ketones (excluding diaryl/α,β-unsaturated/α-hetero) is 1. The van der Waals surface area contributed by atoms with E-state index in [0.29, 0.717) is 32.2 Å². The van der Waals surface area contributed by atoms with E-state index in [0.717, 1.165) is 38.5 Å². The van der Waals surface area contributed by atoms with Crippen molar-refractivity contribution in [1.29, 1.82) is 0 Å². The number of nitrogens with zero attached hydrogens (tertiary/aromatic N) is 1. The van der Waals surface area contributed by atoms with E-state index in [1.54, 1.807) is 25.7 Å². The Morgan fingerprint density at radius 2 is 1.53 bits per heavy atom. The maximum atomic E-state index is 14.5. The molecule has 12 nitrogen and oxygen atoms in total. The third kappa shape index (κ3) is 8.26. The Hall–Kier alpha value is -2.35. The van der Waals surface area contributed by atoms with Crippen LogP contribution in [0.4, 0.5) is 4.79 Å². The fourth-order valence-corrected chi connectivity index (χ4v) is 10.2. The summed E-state index contributed by atoms with van der Waals surface area (Å²) in [6.07, 6.45) is 7.14. The summed E-state index contributed by atoms with van der Waals surface area (Å²) in [6, 6.07) is -2.49. The van der Waals surface area contributed by atoms with E-state index in [1.807, 2.05) is 27.7 Å². The molecule has 290 valence electrons. The Morgan fingerprint density at radius 1 is 0.922 bits per heavy atom. The highest BCUT2D eigenvalue weighted by Gasteiger charge is 2.71. The molecule has 1 aliphatic heterocycles. The average Bonchev–Trinajstić information content (AvgIpc) is 3.94. The van der Waals surface area contributed by atoms with Gasteiger partial charge in [0.15, 0.2) is 9.84 Å². The number of carbonyl (C=O) groups is 5. The number of fused-ring (bicyclic) bond motifs is 1. The van der Waals surface area contributed by atoms with Crippen LogP contribution in [0.1, 0.15) is 127 Å². The minimum absolute atomic E-state index is 0. The number of hydrogen-bond acceptors (Lipinski definition) is 7. The highest BCUT2D eigenvalue weighted by Crippen LogP contribution is 2.65. The maximum Gasteiger partial charge on any atom is 0.315 e. The van der Waals surface area contributed by atoms with Crippen LogP contribution >= 0.6 is 13.5 Å². The molecule has 4 N–H and O–H groups in total. The van der Waals surface area contributed by atoms with Gasteiger partial charge in [-0.3, -0.25) is 19.2 Å². The molecular formula is C37H63N5O7S2. The molecule has 1 saturated heterocycles. The first kappa shape index (κ1) is 41.4. The van der Waals surface area contributed by atoms with Gasteiger partial charge in [0.05, 0.1) is 16.0 Å². The third-order valence-electron chi connectivity index (χ3n) is 12.3. The first-order valence-corrected chi connectivity index (χ1v) is 20.4. The molecular weight excluding hydrogens is 691 g/mol. The number of carbonyl (C=O) groups excluding carboxylic acids is 5. The number of sulfone groups is 1. The molecule has 6 atom stereocenters. The van der Waals surface area contributed by atoms with Gasteiger partial charge in [-0.1, -0.05) is 67.2 Å². The molecule has 5 rings (SSSR count). The van der Waals surface area contributed by atoms with Crippen molar-refractivity contribution in [2.24, 2.45) is 28.6 Å². The molecule has 0 bridgehead atoms. The molecule has 0 aromatic rings. The van der Waals surface area contributed by atoms with E-state index in [4.69, 9.17) is 0 Å². The number of urea groups is 1. The van der Waals surface area contributed by atoms with E-state index in [-0.39, 0.29) is 48.5 Å². The van der Waals surface area contributed by atoms with Gasteiger partial charge in [0.1, 0.15) is 17.6 Å². The van der Waals surface area contributed by atoms with Gasteiger partial charge in [-0.05, 0) is 87.9 Å². The fraction of sp³-hybridized carbons (Fsp3) is 0.865. The van der Waals surface area contributed by atoms with Crippen LogP contribution in [0.5, 0.6) is 0 Å². The first-order valence-electron chi connectivity index (χ1n) is 18.8. The number of amides is 5. The second-order valence-corrected chi connectivity index (χ2v) is 21.5. The molecule has 0 spiro atoms. The molecule has 1 heterocycles. The number of nitrogens with one attached hydrogen (secondary N) is 4. The summed E-state index contributed by atoms with van der Waals surface area (Å²) in [5.41, 5.74) is -3.18. The summed E-state index contributed by atoms with van der Waals surface area (Å²) in [5.74, 6) is -2.51. The number of hydrogen-bond donors (Lipinski definition) is 4. The van der Waals surface area contributed by atoms with Crippen LogP contribution < -0.4 is 21.3 Å². The lowest BCUT2D eigenvalue weighted by Gasteiger charge is -2.41. The van der Waals surface area contributed by atoms with Crippen LogP contribution in [-0.4, -0.2) is 89.1 Å². The van der Waals surface area contributed by atoms with Gasteiger partial charge in [-0.2, -0.15) is 13.5 Å². The lowest BCUT2D eigenvalue weighted by atomic mass is 9.83. The average molecular weight is 754 g/mol. The first-order chi connectivity index (χ1) is 23.0. The molecule has 0 radical (unpaired) electrons. The predicted octanol–water partition coefficient (Wildman–Crippen LogP) is 3.74. The van der Waals surface area contributed by atoms with E-state index in [1.165, 1.54) is 0 Å². The lowest BCUT2D eigenvalue weighted by molar-refractivity contribution is -0.146. The molecule has 4 saturated carbocycles. The standard InChI is InChI=1S/C37H61N5O7S.H2S/c1-10-14-22-19-37(22,28(43)30(45)38-23-15-16-23)40-29(44)26-25-24(35(25,8)9)20-42(26)31(46)27(33(2,3)4)39-32(47)41-36(17-12-11-13-18-36)21-50(48,49)34(5,6)7;/h22-27H,10-21H2,1-9H3,(H,38,45)(H,40,44)(H2,39,41,47);1H2/t22-,24-,25-,26-,27+,37-;/m0./s1. The molecule has 51 heavy (non-hydrogen) atoms. The fourth-order valence-electron chi connectivity index (χ4n) is 8.64. The highest BCUT2D eigenvalue weighted by atomic mass is 32.2. The Balaban J connectivity index is 0.00000583. The number of likely N-dealkylation sites (tertiary alicyclic amines) is 1. The SMILES string of the molecule is CCC[C@H]1C[C@@]1(NC(=O)[C@@H]1[C@@H]2[C@H](CN1C(=O)[C@@H](NC(=O)NC1(CS(=O)(=O)C(C)(C)C)CCCCC1)C(C)(C)C)C2(C)C)C(=O)C(=O)NC1CC1.S. The van der Waals surface area contributed by atoms with Crippen molar-refractivity contribution in [2.45, 2.75) is 160 Å². The summed E-state index contributed by atoms with van der Waals surface area (Å²) in [6.45, 7) is 17.0. The molecule has 4 aliphatic carbocycles. The van der Waals surface area contributed by atoms with Crippen molar-refractivity contribution >= 4 is 52.9 Å². The highest BCUT2D eigenvalue weighted by molar-refractivity contribution is 7.92. The molecule has 0 unspecified atom stereocenters. The van der Waals surface area contributed by atoms with Crippen molar-refractivity contribution in [3.05, 3.63) is 0 Å². The van der Waals surface area contributed by atoms with Crippen LogP contribution in [0.25, 0.3) is 0 Å². The quantitative estimate of drug-likeness (QED) is 0.220. The van der Waals surface area contributed by atoms with Crippen molar-refractivity contribution in [3.63, 3.8) is 0 Å². The van der Waals surface area contributed by atoms with Gasteiger partial charge in [-0.25, -0.2) is 13.2 Å². The van der Waals surface area contributed by atoms with Gasteiger partial charge >= 0.3 is 6.03 Å². The second-order valence-electron chi connectivity index (χ2n) is 18.7. The molecule has 5 aliphatic rings. The Bertz CT molecular complexity index is 1510. The van der Waals surface area contributed by atoms with Gasteiger partial charge < -0.3 is 26.2 Å². The molecule has 0 aromatic heterocycles. The monoisotopic (exact) mass is 753 g/mol. The van der Waals surface area contributed by atoms with E-state index in [9.17, 15) is 32.4 Å². The van der Waals surface area contributed by atoms with Crippen molar-refractivity contribution in [3.8, 4) is 0 Å². The lowest BCUT2D eigenvalue weighted by Crippen LogP contribution is -2.64. The molecule has 14 heteroatoms. The Morgan fingerprint density at radius 3 is 2.06 bits per heavy atom. The van der Waals surface area contributed by atoms with Crippen LogP contribution in [0.3, 0.4) is 0 Å². The normalized spacial score (nSPS) is 29.8. The Kier molecular flexibility index (Phi) is 11.5. The van der Waals surface area contributed by atoms with Crippen LogP contribution in [-0.2, 0) is 29.0 Å². The topological polar surface area (TPSA) is 171 Å². The summed E-state index contributed by atoms with van der Waals surface area (Å²) < 4.78 is 25.7. The summed E-state index contributed by atoms with van der Waals surface area (Å²) in [4.78, 5) is 70.7. The zero-order valence-electron chi connectivity index (χ0n) is 32.2. The van der Waals surface area contributed by atoms with Crippen molar-refractivity contribution in [1.82, 2.24) is 26.2 Å². The molecule has 5 amide bonds. The van der Waals surface area contributed by atoms with E-state index < -0.39 is 72.7 Å². The van der Waals surface area contributed by atoms with Gasteiger partial charge in [0.2, 0.25) is 17.6 Å². The van der Waals surface area contributed by atoms with E-state index >= 15 is 0 Å². The van der Waals surface area contributed by atoms with E-state index in [2.05, 4.69) is 35.1 Å². The molecule has 0 aromatic carbocycles.